The number of rotatable bonds is 6. The number of para-hydroxylation sites is 1. The molecule has 2 aromatic rings. The van der Waals surface area contributed by atoms with Gasteiger partial charge in [0.25, 0.3) is 5.91 Å². The zero-order valence-corrected chi connectivity index (χ0v) is 15.0. The summed E-state index contributed by atoms with van der Waals surface area (Å²) in [7, 11) is 3.15. The van der Waals surface area contributed by atoms with Crippen molar-refractivity contribution in [3.05, 3.63) is 53.6 Å². The molecule has 0 bridgehead atoms. The summed E-state index contributed by atoms with van der Waals surface area (Å²) in [5, 5.41) is 2.91. The molecule has 0 aliphatic carbocycles. The van der Waals surface area contributed by atoms with E-state index in [1.807, 2.05) is 24.3 Å². The minimum Gasteiger partial charge on any atom is -0.493 e. The average molecular weight is 354 g/mol. The quantitative estimate of drug-likeness (QED) is 0.866. The summed E-state index contributed by atoms with van der Waals surface area (Å²) >= 11 is 0. The van der Waals surface area contributed by atoms with Gasteiger partial charge in [-0.25, -0.2) is 0 Å². The zero-order chi connectivity index (χ0) is 18.5. The van der Waals surface area contributed by atoms with E-state index in [1.165, 1.54) is 0 Å². The van der Waals surface area contributed by atoms with Crippen molar-refractivity contribution in [3.8, 4) is 11.5 Å². The van der Waals surface area contributed by atoms with Crippen molar-refractivity contribution in [2.24, 2.45) is 0 Å². The van der Waals surface area contributed by atoms with Gasteiger partial charge >= 0.3 is 0 Å². The van der Waals surface area contributed by atoms with Crippen LogP contribution in [0.2, 0.25) is 0 Å². The number of nitrogens with zero attached hydrogens (tertiary/aromatic N) is 1. The Morgan fingerprint density at radius 2 is 1.88 bits per heavy atom. The van der Waals surface area contributed by atoms with Crippen molar-refractivity contribution in [2.45, 2.75) is 19.4 Å². The lowest BCUT2D eigenvalue weighted by Gasteiger charge is -2.19. The molecule has 6 heteroatoms. The van der Waals surface area contributed by atoms with Crippen LogP contribution in [-0.4, -0.2) is 32.6 Å². The van der Waals surface area contributed by atoms with Gasteiger partial charge in [-0.15, -0.1) is 0 Å². The molecule has 1 aliphatic rings. The minimum absolute atomic E-state index is 0.0603. The summed E-state index contributed by atoms with van der Waals surface area (Å²) in [6, 6.07) is 12.7. The monoisotopic (exact) mass is 354 g/mol. The van der Waals surface area contributed by atoms with E-state index in [0.717, 1.165) is 12.0 Å². The number of ether oxygens (including phenoxy) is 2. The highest BCUT2D eigenvalue weighted by atomic mass is 16.5. The van der Waals surface area contributed by atoms with Gasteiger partial charge in [-0.05, 0) is 36.2 Å². The molecule has 26 heavy (non-hydrogen) atoms. The van der Waals surface area contributed by atoms with Gasteiger partial charge in [-0.2, -0.15) is 0 Å². The number of benzene rings is 2. The molecule has 0 aromatic heterocycles. The molecule has 1 aliphatic heterocycles. The van der Waals surface area contributed by atoms with Crippen molar-refractivity contribution in [3.63, 3.8) is 0 Å². The molecule has 0 radical (unpaired) electrons. The van der Waals surface area contributed by atoms with Crippen molar-refractivity contribution in [1.29, 1.82) is 0 Å². The van der Waals surface area contributed by atoms with Gasteiger partial charge < -0.3 is 19.7 Å². The maximum atomic E-state index is 12.7. The standard InChI is InChI=1S/C20H22N2O4/c1-25-17-10-9-14(12-18(17)26-2)13-21-20(24)15-6-3-4-7-16(15)22-11-5-8-19(22)23/h3-4,6-7,9-10,12H,5,8,11,13H2,1-2H3,(H,21,24). The topological polar surface area (TPSA) is 67.9 Å². The normalized spacial score (nSPS) is 13.6. The molecule has 2 amide bonds. The van der Waals surface area contributed by atoms with Crippen LogP contribution in [0.3, 0.4) is 0 Å². The maximum Gasteiger partial charge on any atom is 0.253 e. The Hall–Kier alpha value is -3.02. The van der Waals surface area contributed by atoms with Crippen LogP contribution >= 0.6 is 0 Å². The molecule has 1 saturated heterocycles. The van der Waals surface area contributed by atoms with Crippen LogP contribution in [0.4, 0.5) is 5.69 Å². The molecule has 0 unspecified atom stereocenters. The average Bonchev–Trinajstić information content (AvgIpc) is 3.11. The van der Waals surface area contributed by atoms with Crippen LogP contribution in [0, 0.1) is 0 Å². The number of methoxy groups -OCH3 is 2. The van der Waals surface area contributed by atoms with E-state index in [4.69, 9.17) is 9.47 Å². The maximum absolute atomic E-state index is 12.7. The Labute approximate surface area is 152 Å². The molecule has 2 aromatic carbocycles. The Kier molecular flexibility index (Phi) is 5.41. The first-order chi connectivity index (χ1) is 12.6. The number of carbonyl (C=O) groups is 2. The van der Waals surface area contributed by atoms with Crippen LogP contribution in [0.5, 0.6) is 11.5 Å². The van der Waals surface area contributed by atoms with E-state index in [0.29, 0.717) is 42.3 Å². The Morgan fingerprint density at radius 1 is 1.12 bits per heavy atom. The lowest BCUT2D eigenvalue weighted by atomic mass is 10.1. The van der Waals surface area contributed by atoms with Crippen LogP contribution in [0.1, 0.15) is 28.8 Å². The van der Waals surface area contributed by atoms with Crippen molar-refractivity contribution < 1.29 is 19.1 Å². The molecule has 1 heterocycles. The molecule has 0 atom stereocenters. The number of nitrogens with one attached hydrogen (secondary N) is 1. The molecule has 6 nitrogen and oxygen atoms in total. The predicted octanol–water partition coefficient (Wildman–Crippen LogP) is 2.76. The van der Waals surface area contributed by atoms with Gasteiger partial charge in [0.2, 0.25) is 5.91 Å². The first kappa shape index (κ1) is 17.8. The van der Waals surface area contributed by atoms with Gasteiger partial charge in [0.15, 0.2) is 11.5 Å². The second-order valence-corrected chi connectivity index (χ2v) is 6.04. The number of hydrogen-bond acceptors (Lipinski definition) is 4. The Morgan fingerprint density at radius 3 is 2.58 bits per heavy atom. The third-order valence-electron chi connectivity index (χ3n) is 4.41. The SMILES string of the molecule is COc1ccc(CNC(=O)c2ccccc2N2CCCC2=O)cc1OC. The van der Waals surface area contributed by atoms with Gasteiger partial charge in [0, 0.05) is 19.5 Å². The molecule has 0 spiro atoms. The largest absolute Gasteiger partial charge is 0.493 e. The van der Waals surface area contributed by atoms with Crippen LogP contribution < -0.4 is 19.7 Å². The summed E-state index contributed by atoms with van der Waals surface area (Å²) in [6.07, 6.45) is 1.35. The van der Waals surface area contributed by atoms with E-state index in [-0.39, 0.29) is 11.8 Å². The van der Waals surface area contributed by atoms with E-state index < -0.39 is 0 Å². The third kappa shape index (κ3) is 3.64. The van der Waals surface area contributed by atoms with E-state index >= 15 is 0 Å². The lowest BCUT2D eigenvalue weighted by molar-refractivity contribution is -0.117. The highest BCUT2D eigenvalue weighted by Crippen LogP contribution is 2.28. The predicted molar refractivity (Wildman–Crippen MR) is 98.7 cm³/mol. The van der Waals surface area contributed by atoms with E-state index in [1.54, 1.807) is 37.3 Å². The first-order valence-corrected chi connectivity index (χ1v) is 8.52. The fourth-order valence-corrected chi connectivity index (χ4v) is 3.07. The molecular formula is C20H22N2O4. The third-order valence-corrected chi connectivity index (χ3v) is 4.41. The molecule has 3 rings (SSSR count). The van der Waals surface area contributed by atoms with Gasteiger partial charge in [0.1, 0.15) is 0 Å². The second kappa shape index (κ2) is 7.91. The Bertz CT molecular complexity index is 819. The number of carbonyl (C=O) groups excluding carboxylic acids is 2. The summed E-state index contributed by atoms with van der Waals surface area (Å²) in [4.78, 5) is 26.4. The highest BCUT2D eigenvalue weighted by Gasteiger charge is 2.25. The zero-order valence-electron chi connectivity index (χ0n) is 15.0. The minimum atomic E-state index is -0.213. The summed E-state index contributed by atoms with van der Waals surface area (Å²) in [6.45, 7) is 1.00. The summed E-state index contributed by atoms with van der Waals surface area (Å²) in [5.74, 6) is 1.10. The van der Waals surface area contributed by atoms with Crippen molar-refractivity contribution >= 4 is 17.5 Å². The smallest absolute Gasteiger partial charge is 0.253 e. The number of anilines is 1. The summed E-state index contributed by atoms with van der Waals surface area (Å²) in [5.41, 5.74) is 2.06. The van der Waals surface area contributed by atoms with Crippen LogP contribution in [-0.2, 0) is 11.3 Å². The molecule has 1 N–H and O–H groups in total. The van der Waals surface area contributed by atoms with Gasteiger partial charge in [-0.1, -0.05) is 18.2 Å². The van der Waals surface area contributed by atoms with Crippen LogP contribution in [0.25, 0.3) is 0 Å². The van der Waals surface area contributed by atoms with E-state index in [9.17, 15) is 9.59 Å². The molecule has 1 fully saturated rings. The number of amides is 2. The van der Waals surface area contributed by atoms with Crippen molar-refractivity contribution in [2.75, 3.05) is 25.7 Å². The fraction of sp³-hybridized carbons (Fsp3) is 0.300. The van der Waals surface area contributed by atoms with Gasteiger partial charge in [0.05, 0.1) is 25.5 Å². The van der Waals surface area contributed by atoms with Gasteiger partial charge in [-0.3, -0.25) is 9.59 Å². The molecular weight excluding hydrogens is 332 g/mol. The lowest BCUT2D eigenvalue weighted by Crippen LogP contribution is -2.29. The second-order valence-electron chi connectivity index (χ2n) is 6.04. The fourth-order valence-electron chi connectivity index (χ4n) is 3.07. The number of hydrogen-bond donors (Lipinski definition) is 1. The molecule has 0 saturated carbocycles. The molecule has 136 valence electrons. The highest BCUT2D eigenvalue weighted by molar-refractivity contribution is 6.05. The van der Waals surface area contributed by atoms with Crippen molar-refractivity contribution in [1.82, 2.24) is 5.32 Å². The Balaban J connectivity index is 1.74. The summed E-state index contributed by atoms with van der Waals surface area (Å²) < 4.78 is 10.5. The van der Waals surface area contributed by atoms with E-state index in [2.05, 4.69) is 5.32 Å². The first-order valence-electron chi connectivity index (χ1n) is 8.52. The van der Waals surface area contributed by atoms with Crippen LogP contribution in [0.15, 0.2) is 42.5 Å².